The van der Waals surface area contributed by atoms with E-state index in [4.69, 9.17) is 4.74 Å². The zero-order valence-corrected chi connectivity index (χ0v) is 15.5. The van der Waals surface area contributed by atoms with E-state index in [1.165, 1.54) is 12.1 Å². The van der Waals surface area contributed by atoms with Crippen molar-refractivity contribution in [2.45, 2.75) is 13.8 Å². The van der Waals surface area contributed by atoms with E-state index in [0.717, 1.165) is 43.8 Å². The van der Waals surface area contributed by atoms with E-state index in [1.54, 1.807) is 12.1 Å². The van der Waals surface area contributed by atoms with Crippen molar-refractivity contribution in [2.24, 2.45) is 0 Å². The van der Waals surface area contributed by atoms with Gasteiger partial charge in [0, 0.05) is 33.3 Å². The number of para-hydroxylation sites is 1. The zero-order valence-electron chi connectivity index (χ0n) is 15.5. The molecule has 28 heavy (non-hydrogen) atoms. The van der Waals surface area contributed by atoms with Gasteiger partial charge in [0.25, 0.3) is 0 Å². The number of carbonyl (C=O) groups is 1. The van der Waals surface area contributed by atoms with Crippen molar-refractivity contribution in [3.05, 3.63) is 71.4 Å². The molecule has 0 aliphatic carbocycles. The number of aromatic hydroxyl groups is 1. The van der Waals surface area contributed by atoms with Crippen molar-refractivity contribution in [1.29, 1.82) is 0 Å². The Kier molecular flexibility index (Phi) is 3.46. The highest BCUT2D eigenvalue weighted by Crippen LogP contribution is 2.35. The van der Waals surface area contributed by atoms with Crippen LogP contribution in [0.4, 0.5) is 0 Å². The lowest BCUT2D eigenvalue weighted by Gasteiger charge is -2.04. The van der Waals surface area contributed by atoms with Gasteiger partial charge in [-0.3, -0.25) is 0 Å². The monoisotopic (exact) mass is 370 g/mol. The van der Waals surface area contributed by atoms with Gasteiger partial charge in [0.15, 0.2) is 0 Å². The normalized spacial score (nSPS) is 11.5. The smallest absolute Gasteiger partial charge is 0.360 e. The largest absolute Gasteiger partial charge is 0.508 e. The van der Waals surface area contributed by atoms with Gasteiger partial charge in [0.1, 0.15) is 17.2 Å². The summed E-state index contributed by atoms with van der Waals surface area (Å²) in [6, 6.07) is 16.5. The number of aromatic amines is 2. The minimum absolute atomic E-state index is 0.0516. The highest BCUT2D eigenvalue weighted by Gasteiger charge is 2.20. The number of hydrogen-bond donors (Lipinski definition) is 3. The average Bonchev–Trinajstić information content (AvgIpc) is 3.21. The molecule has 0 amide bonds. The third-order valence-corrected chi connectivity index (χ3v) is 5.30. The lowest BCUT2D eigenvalue weighted by molar-refractivity contribution is 0.0728. The van der Waals surface area contributed by atoms with Crippen LogP contribution in [0.5, 0.6) is 11.5 Å². The van der Waals surface area contributed by atoms with E-state index < -0.39 is 5.97 Å². The Balaban J connectivity index is 1.67. The first-order valence-electron chi connectivity index (χ1n) is 9.06. The van der Waals surface area contributed by atoms with Crippen LogP contribution in [0.2, 0.25) is 0 Å². The summed E-state index contributed by atoms with van der Waals surface area (Å²) in [6.07, 6.45) is 0. The molecule has 5 heteroatoms. The molecular formula is C23H18N2O3. The molecule has 0 saturated heterocycles. The Bertz CT molecular complexity index is 1390. The fourth-order valence-electron chi connectivity index (χ4n) is 4.00. The van der Waals surface area contributed by atoms with Crippen LogP contribution in [0.1, 0.15) is 21.6 Å². The van der Waals surface area contributed by atoms with Crippen LogP contribution in [-0.4, -0.2) is 21.0 Å². The van der Waals surface area contributed by atoms with Crippen LogP contribution in [0.25, 0.3) is 32.7 Å². The summed E-state index contributed by atoms with van der Waals surface area (Å²) in [4.78, 5) is 19.5. The van der Waals surface area contributed by atoms with E-state index in [1.807, 2.05) is 19.1 Å². The van der Waals surface area contributed by atoms with Gasteiger partial charge in [0.05, 0.1) is 5.52 Å². The van der Waals surface area contributed by atoms with Gasteiger partial charge in [-0.1, -0.05) is 24.3 Å². The van der Waals surface area contributed by atoms with Crippen molar-refractivity contribution in [3.63, 3.8) is 0 Å². The van der Waals surface area contributed by atoms with Gasteiger partial charge in [-0.05, 0) is 49.2 Å². The number of phenolic OH excluding ortho intramolecular Hbond substituents is 1. The number of H-pyrrole nitrogens is 2. The molecule has 0 radical (unpaired) electrons. The summed E-state index contributed by atoms with van der Waals surface area (Å²) in [7, 11) is 0. The molecule has 138 valence electrons. The van der Waals surface area contributed by atoms with Gasteiger partial charge in [-0.2, -0.15) is 0 Å². The van der Waals surface area contributed by atoms with Crippen molar-refractivity contribution in [2.75, 3.05) is 0 Å². The van der Waals surface area contributed by atoms with Crippen LogP contribution < -0.4 is 4.74 Å². The maximum Gasteiger partial charge on any atom is 0.360 e. The lowest BCUT2D eigenvalue weighted by Crippen LogP contribution is -2.10. The molecule has 0 atom stereocenters. The molecular weight excluding hydrogens is 352 g/mol. The molecule has 0 fully saturated rings. The quantitative estimate of drug-likeness (QED) is 0.290. The summed E-state index contributed by atoms with van der Waals surface area (Å²) < 4.78 is 5.44. The number of esters is 1. The van der Waals surface area contributed by atoms with Crippen molar-refractivity contribution in [1.82, 2.24) is 9.97 Å². The van der Waals surface area contributed by atoms with Gasteiger partial charge >= 0.3 is 5.97 Å². The number of ether oxygens (including phenoxy) is 1. The van der Waals surface area contributed by atoms with E-state index in [0.29, 0.717) is 11.4 Å². The molecule has 5 nitrogen and oxygen atoms in total. The fraction of sp³-hybridized carbons (Fsp3) is 0.0870. The van der Waals surface area contributed by atoms with Gasteiger partial charge in [-0.15, -0.1) is 0 Å². The molecule has 3 aromatic carbocycles. The number of carbonyl (C=O) groups excluding carboxylic acids is 1. The van der Waals surface area contributed by atoms with E-state index >= 15 is 0 Å². The Morgan fingerprint density at radius 3 is 2.54 bits per heavy atom. The molecule has 0 unspecified atom stereocenters. The van der Waals surface area contributed by atoms with Crippen LogP contribution in [0.15, 0.2) is 54.6 Å². The van der Waals surface area contributed by atoms with Crippen molar-refractivity contribution in [3.8, 4) is 11.5 Å². The SMILES string of the molecule is Cc1c(C(=O)Oc2cccc(O)c2)[nH]c2cc3c([nH]c4ccccc43)c(C)c12. The van der Waals surface area contributed by atoms with E-state index in [2.05, 4.69) is 35.1 Å². The summed E-state index contributed by atoms with van der Waals surface area (Å²) >= 11 is 0. The number of hydrogen-bond acceptors (Lipinski definition) is 3. The van der Waals surface area contributed by atoms with E-state index in [-0.39, 0.29) is 5.75 Å². The molecule has 0 spiro atoms. The Morgan fingerprint density at radius 1 is 0.893 bits per heavy atom. The summed E-state index contributed by atoms with van der Waals surface area (Å²) in [5.74, 6) is -0.124. The summed E-state index contributed by atoms with van der Waals surface area (Å²) in [5, 5.41) is 12.9. The van der Waals surface area contributed by atoms with Gasteiger partial charge in [0.2, 0.25) is 0 Å². The van der Waals surface area contributed by atoms with Crippen molar-refractivity contribution < 1.29 is 14.6 Å². The van der Waals surface area contributed by atoms with Crippen LogP contribution in [0.3, 0.4) is 0 Å². The van der Waals surface area contributed by atoms with Crippen molar-refractivity contribution >= 4 is 38.7 Å². The lowest BCUT2D eigenvalue weighted by atomic mass is 10.0. The molecule has 0 aliphatic rings. The number of fused-ring (bicyclic) bond motifs is 4. The molecule has 0 saturated carbocycles. The summed E-state index contributed by atoms with van der Waals surface area (Å²) in [5.41, 5.74) is 5.42. The Labute approximate surface area is 160 Å². The third-order valence-electron chi connectivity index (χ3n) is 5.30. The molecule has 0 bridgehead atoms. The third kappa shape index (κ3) is 2.36. The van der Waals surface area contributed by atoms with Crippen LogP contribution in [0, 0.1) is 13.8 Å². The number of rotatable bonds is 2. The molecule has 2 aromatic heterocycles. The zero-order chi connectivity index (χ0) is 19.4. The highest BCUT2D eigenvalue weighted by atomic mass is 16.5. The van der Waals surface area contributed by atoms with Gasteiger partial charge in [-0.25, -0.2) is 4.79 Å². The van der Waals surface area contributed by atoms with E-state index in [9.17, 15) is 9.90 Å². The van der Waals surface area contributed by atoms with Gasteiger partial charge < -0.3 is 19.8 Å². The minimum Gasteiger partial charge on any atom is -0.508 e. The predicted molar refractivity (Wildman–Crippen MR) is 110 cm³/mol. The fourth-order valence-corrected chi connectivity index (χ4v) is 4.00. The first kappa shape index (κ1) is 16.4. The number of nitrogens with one attached hydrogen (secondary N) is 2. The first-order chi connectivity index (χ1) is 13.5. The predicted octanol–water partition coefficient (Wildman–Crippen LogP) is 5.34. The molecule has 5 aromatic rings. The Hall–Kier alpha value is -3.73. The maximum atomic E-state index is 12.7. The van der Waals surface area contributed by atoms with Crippen LogP contribution >= 0.6 is 0 Å². The maximum absolute atomic E-state index is 12.7. The minimum atomic E-state index is -0.479. The number of aryl methyl sites for hydroxylation is 2. The molecule has 2 heterocycles. The standard InChI is InChI=1S/C23H18N2O3/c1-12-20-13(2)22(23(27)28-15-7-5-6-14(26)10-15)25-19(20)11-17-16-8-3-4-9-18(16)24-21(12)17/h3-11,24-26H,1-2H3. The topological polar surface area (TPSA) is 78.1 Å². The molecule has 3 N–H and O–H groups in total. The van der Waals surface area contributed by atoms with Crippen LogP contribution in [-0.2, 0) is 0 Å². The first-order valence-corrected chi connectivity index (χ1v) is 9.06. The molecule has 5 rings (SSSR count). The molecule has 0 aliphatic heterocycles. The second kappa shape index (κ2) is 5.89. The average molecular weight is 370 g/mol. The summed E-state index contributed by atoms with van der Waals surface area (Å²) in [6.45, 7) is 3.98. The number of benzene rings is 3. The number of aromatic nitrogens is 2. The highest BCUT2D eigenvalue weighted by molar-refractivity contribution is 6.15. The second-order valence-corrected chi connectivity index (χ2v) is 7.03. The Morgan fingerprint density at radius 2 is 1.71 bits per heavy atom. The second-order valence-electron chi connectivity index (χ2n) is 7.03. The number of phenols is 1.